The maximum atomic E-state index is 12.3. The molecule has 0 spiro atoms. The van der Waals surface area contributed by atoms with E-state index in [2.05, 4.69) is 5.32 Å². The highest BCUT2D eigenvalue weighted by Gasteiger charge is 2.14. The lowest BCUT2D eigenvalue weighted by atomic mass is 10.1. The topological polar surface area (TPSA) is 113 Å². The molecule has 1 aromatic heterocycles. The van der Waals surface area contributed by atoms with Crippen LogP contribution in [0.3, 0.4) is 0 Å². The van der Waals surface area contributed by atoms with Crippen molar-refractivity contribution in [3.05, 3.63) is 70.1 Å². The molecular weight excluding hydrogens is 454 g/mol. The van der Waals surface area contributed by atoms with Crippen LogP contribution in [0, 0.1) is 0 Å². The normalized spacial score (nSPS) is 10.9. The summed E-state index contributed by atoms with van der Waals surface area (Å²) in [6.45, 7) is 5.33. The van der Waals surface area contributed by atoms with E-state index in [1.54, 1.807) is 36.4 Å². The van der Waals surface area contributed by atoms with Gasteiger partial charge in [0.25, 0.3) is 5.91 Å². The van der Waals surface area contributed by atoms with Crippen LogP contribution >= 0.6 is 0 Å². The molecule has 0 aliphatic carbocycles. The molecule has 0 unspecified atom stereocenters. The Labute approximate surface area is 202 Å². The molecule has 1 N–H and O–H groups in total. The summed E-state index contributed by atoms with van der Waals surface area (Å²) in [5, 5.41) is 3.08. The van der Waals surface area contributed by atoms with Crippen molar-refractivity contribution in [2.45, 2.75) is 13.8 Å². The summed E-state index contributed by atoms with van der Waals surface area (Å²) >= 11 is 0. The molecule has 0 atom stereocenters. The molecule has 0 aliphatic rings. The van der Waals surface area contributed by atoms with Crippen molar-refractivity contribution >= 4 is 28.9 Å². The monoisotopic (exact) mass is 481 g/mol. The Kier molecular flexibility index (Phi) is 9.02. The molecule has 0 saturated carbocycles. The van der Waals surface area contributed by atoms with Crippen molar-refractivity contribution in [2.75, 3.05) is 33.5 Å². The number of hydrogen-bond donors (Lipinski definition) is 1. The summed E-state index contributed by atoms with van der Waals surface area (Å²) in [7, 11) is 1.51. The number of fused-ring (bicyclic) bond motifs is 1. The molecule has 1 amide bonds. The molecular formula is C26H27NO8. The highest BCUT2D eigenvalue weighted by atomic mass is 16.5. The second-order valence-electron chi connectivity index (χ2n) is 7.22. The summed E-state index contributed by atoms with van der Waals surface area (Å²) < 4.78 is 26.6. The lowest BCUT2D eigenvalue weighted by Gasteiger charge is -2.11. The molecule has 0 radical (unpaired) electrons. The summed E-state index contributed by atoms with van der Waals surface area (Å²) in [6, 6.07) is 11.3. The number of rotatable bonds is 11. The predicted octanol–water partition coefficient (Wildman–Crippen LogP) is 3.59. The van der Waals surface area contributed by atoms with Gasteiger partial charge in [0.2, 0.25) is 0 Å². The van der Waals surface area contributed by atoms with Gasteiger partial charge in [-0.1, -0.05) is 6.07 Å². The number of carbonyl (C=O) groups excluding carboxylic acids is 2. The van der Waals surface area contributed by atoms with Gasteiger partial charge in [-0.25, -0.2) is 9.59 Å². The molecule has 184 valence electrons. The fraction of sp³-hybridized carbons (Fsp3) is 0.269. The SMILES string of the molecule is CCOc1ccc(/C=C/C(=O)Oc2ccc3cc(C(=O)NCCOC)c(=O)oc3c2)cc1OCC. The second-order valence-corrected chi connectivity index (χ2v) is 7.22. The van der Waals surface area contributed by atoms with Gasteiger partial charge < -0.3 is 28.7 Å². The van der Waals surface area contributed by atoms with E-state index in [4.69, 9.17) is 23.4 Å². The number of carbonyl (C=O) groups is 2. The first-order valence-corrected chi connectivity index (χ1v) is 11.1. The number of nitrogens with one attached hydrogen (secondary N) is 1. The first-order valence-electron chi connectivity index (χ1n) is 11.1. The fourth-order valence-electron chi connectivity index (χ4n) is 3.16. The average molecular weight is 482 g/mol. The molecule has 9 nitrogen and oxygen atoms in total. The minimum absolute atomic E-state index is 0.122. The van der Waals surface area contributed by atoms with Crippen LogP contribution in [-0.4, -0.2) is 45.4 Å². The lowest BCUT2D eigenvalue weighted by Crippen LogP contribution is -2.30. The Morgan fingerprint density at radius 1 is 1.00 bits per heavy atom. The number of benzene rings is 2. The van der Waals surface area contributed by atoms with E-state index >= 15 is 0 Å². The van der Waals surface area contributed by atoms with Crippen molar-refractivity contribution in [1.29, 1.82) is 0 Å². The van der Waals surface area contributed by atoms with Crippen molar-refractivity contribution < 1.29 is 33.0 Å². The first kappa shape index (κ1) is 25.5. The second kappa shape index (κ2) is 12.4. The molecule has 0 aliphatic heterocycles. The quantitative estimate of drug-likeness (QED) is 0.145. The van der Waals surface area contributed by atoms with E-state index < -0.39 is 17.5 Å². The maximum absolute atomic E-state index is 12.3. The van der Waals surface area contributed by atoms with E-state index in [1.807, 2.05) is 13.8 Å². The van der Waals surface area contributed by atoms with Gasteiger partial charge >= 0.3 is 11.6 Å². The van der Waals surface area contributed by atoms with Crippen LogP contribution in [0.1, 0.15) is 29.8 Å². The Hall–Kier alpha value is -4.11. The van der Waals surface area contributed by atoms with Crippen molar-refractivity contribution in [3.8, 4) is 17.2 Å². The van der Waals surface area contributed by atoms with Gasteiger partial charge in [-0.2, -0.15) is 0 Å². The third kappa shape index (κ3) is 6.94. The van der Waals surface area contributed by atoms with Gasteiger partial charge in [0, 0.05) is 31.2 Å². The van der Waals surface area contributed by atoms with E-state index in [-0.39, 0.29) is 23.4 Å². The van der Waals surface area contributed by atoms with E-state index in [9.17, 15) is 14.4 Å². The Morgan fingerprint density at radius 2 is 1.77 bits per heavy atom. The number of esters is 1. The van der Waals surface area contributed by atoms with E-state index in [1.165, 1.54) is 25.3 Å². The van der Waals surface area contributed by atoms with Crippen LogP contribution in [0.4, 0.5) is 0 Å². The van der Waals surface area contributed by atoms with Crippen molar-refractivity contribution in [2.24, 2.45) is 0 Å². The summed E-state index contributed by atoms with van der Waals surface area (Å²) in [6.07, 6.45) is 2.87. The minimum atomic E-state index is -0.795. The zero-order chi connectivity index (χ0) is 25.2. The standard InChI is InChI=1S/C26H27NO8/c1-4-32-21-10-6-17(14-23(21)33-5-2)7-11-24(28)34-19-9-8-18-15-20(25(29)27-12-13-31-3)26(30)35-22(18)16-19/h6-11,14-16H,4-5,12-13H2,1-3H3,(H,27,29)/b11-7+. The van der Waals surface area contributed by atoms with Gasteiger partial charge in [0.15, 0.2) is 11.5 Å². The van der Waals surface area contributed by atoms with Gasteiger partial charge in [0.1, 0.15) is 16.9 Å². The third-order valence-electron chi connectivity index (χ3n) is 4.74. The number of ether oxygens (including phenoxy) is 4. The Morgan fingerprint density at radius 3 is 2.51 bits per heavy atom. The molecule has 0 bridgehead atoms. The van der Waals surface area contributed by atoms with Crippen LogP contribution < -0.4 is 25.2 Å². The molecule has 0 fully saturated rings. The summed E-state index contributed by atoms with van der Waals surface area (Å²) in [5.41, 5.74) is -0.000272. The van der Waals surface area contributed by atoms with Gasteiger partial charge in [0.05, 0.1) is 19.8 Å². The van der Waals surface area contributed by atoms with Crippen LogP contribution in [0.25, 0.3) is 17.0 Å². The smallest absolute Gasteiger partial charge is 0.349 e. The van der Waals surface area contributed by atoms with E-state index in [0.29, 0.717) is 36.7 Å². The van der Waals surface area contributed by atoms with Crippen molar-refractivity contribution in [3.63, 3.8) is 0 Å². The predicted molar refractivity (Wildman–Crippen MR) is 130 cm³/mol. The zero-order valence-corrected chi connectivity index (χ0v) is 19.8. The van der Waals surface area contributed by atoms with Crippen LogP contribution in [-0.2, 0) is 9.53 Å². The number of hydrogen-bond acceptors (Lipinski definition) is 8. The van der Waals surface area contributed by atoms with Gasteiger partial charge in [-0.3, -0.25) is 4.79 Å². The zero-order valence-electron chi connectivity index (χ0n) is 19.8. The highest BCUT2D eigenvalue weighted by Crippen LogP contribution is 2.29. The van der Waals surface area contributed by atoms with Crippen LogP contribution in [0.5, 0.6) is 17.2 Å². The molecule has 2 aromatic carbocycles. The number of methoxy groups -OCH3 is 1. The number of amides is 1. The highest BCUT2D eigenvalue weighted by molar-refractivity contribution is 5.97. The Balaban J connectivity index is 1.71. The van der Waals surface area contributed by atoms with Crippen LogP contribution in [0.15, 0.2) is 57.8 Å². The Bertz CT molecular complexity index is 1280. The lowest BCUT2D eigenvalue weighted by molar-refractivity contribution is -0.128. The largest absolute Gasteiger partial charge is 0.490 e. The maximum Gasteiger partial charge on any atom is 0.349 e. The molecule has 35 heavy (non-hydrogen) atoms. The van der Waals surface area contributed by atoms with Gasteiger partial charge in [-0.05, 0) is 55.8 Å². The van der Waals surface area contributed by atoms with E-state index in [0.717, 1.165) is 5.56 Å². The molecule has 9 heteroatoms. The molecule has 3 rings (SSSR count). The van der Waals surface area contributed by atoms with Crippen LogP contribution in [0.2, 0.25) is 0 Å². The first-order chi connectivity index (χ1) is 16.9. The molecule has 0 saturated heterocycles. The van der Waals surface area contributed by atoms with Gasteiger partial charge in [-0.15, -0.1) is 0 Å². The fourth-order valence-corrected chi connectivity index (χ4v) is 3.16. The summed E-state index contributed by atoms with van der Waals surface area (Å²) in [5.74, 6) is 0.227. The third-order valence-corrected chi connectivity index (χ3v) is 4.74. The average Bonchev–Trinajstić information content (AvgIpc) is 2.84. The van der Waals surface area contributed by atoms with Crippen molar-refractivity contribution in [1.82, 2.24) is 5.32 Å². The summed E-state index contributed by atoms with van der Waals surface area (Å²) in [4.78, 5) is 36.7. The minimum Gasteiger partial charge on any atom is -0.490 e. The molecule has 3 aromatic rings. The molecule has 1 heterocycles.